The number of anilines is 1. The van der Waals surface area contributed by atoms with E-state index in [1.807, 2.05) is 17.5 Å². The third kappa shape index (κ3) is 2.84. The Morgan fingerprint density at radius 1 is 1.30 bits per heavy atom. The molecule has 20 heavy (non-hydrogen) atoms. The Labute approximate surface area is 122 Å². The van der Waals surface area contributed by atoms with Gasteiger partial charge in [-0.1, -0.05) is 31.2 Å². The number of ether oxygens (including phenoxy) is 1. The van der Waals surface area contributed by atoms with Crippen LogP contribution in [0.15, 0.2) is 29.6 Å². The Bertz CT molecular complexity index is 590. The lowest BCUT2D eigenvalue weighted by molar-refractivity contribution is 0.0529. The first-order chi connectivity index (χ1) is 9.71. The fourth-order valence-electron chi connectivity index (χ4n) is 2.00. The van der Waals surface area contributed by atoms with Crippen molar-refractivity contribution in [3.05, 3.63) is 40.8 Å². The van der Waals surface area contributed by atoms with Crippen molar-refractivity contribution in [3.8, 4) is 11.1 Å². The highest BCUT2D eigenvalue weighted by Crippen LogP contribution is 2.35. The van der Waals surface area contributed by atoms with Crippen LogP contribution in [-0.2, 0) is 11.2 Å². The van der Waals surface area contributed by atoms with E-state index in [9.17, 15) is 4.79 Å². The largest absolute Gasteiger partial charge is 0.462 e. The minimum atomic E-state index is -0.351. The third-order valence-electron chi connectivity index (χ3n) is 3.07. The molecule has 2 rings (SSSR count). The molecule has 0 bridgehead atoms. The molecular weight excluding hydrogens is 272 g/mol. The SMILES string of the molecule is CCOC(=O)c1c(-c2ccc(CC)cc2)csc1NN. The normalized spacial score (nSPS) is 10.3. The number of thiophene rings is 1. The van der Waals surface area contributed by atoms with Crippen LogP contribution < -0.4 is 11.3 Å². The van der Waals surface area contributed by atoms with E-state index in [-0.39, 0.29) is 5.97 Å². The molecule has 0 aliphatic carbocycles. The van der Waals surface area contributed by atoms with Crippen molar-refractivity contribution in [1.29, 1.82) is 0 Å². The summed E-state index contributed by atoms with van der Waals surface area (Å²) in [6.07, 6.45) is 0.990. The third-order valence-corrected chi connectivity index (χ3v) is 3.99. The summed E-state index contributed by atoms with van der Waals surface area (Å²) in [6, 6.07) is 8.17. The Morgan fingerprint density at radius 2 is 2.00 bits per heavy atom. The molecule has 0 saturated carbocycles. The van der Waals surface area contributed by atoms with Gasteiger partial charge < -0.3 is 10.2 Å². The van der Waals surface area contributed by atoms with Gasteiger partial charge in [0.05, 0.1) is 6.61 Å². The van der Waals surface area contributed by atoms with E-state index in [0.717, 1.165) is 17.5 Å². The van der Waals surface area contributed by atoms with Gasteiger partial charge in [-0.3, -0.25) is 0 Å². The van der Waals surface area contributed by atoms with Crippen LogP contribution in [0.3, 0.4) is 0 Å². The number of carbonyl (C=O) groups is 1. The maximum absolute atomic E-state index is 12.1. The lowest BCUT2D eigenvalue weighted by Crippen LogP contribution is -2.12. The summed E-state index contributed by atoms with van der Waals surface area (Å²) in [6.45, 7) is 4.24. The number of rotatable bonds is 5. The highest BCUT2D eigenvalue weighted by atomic mass is 32.1. The molecule has 0 unspecified atom stereocenters. The van der Waals surface area contributed by atoms with Crippen molar-refractivity contribution in [2.45, 2.75) is 20.3 Å². The van der Waals surface area contributed by atoms with Gasteiger partial charge in [0.25, 0.3) is 0 Å². The predicted octanol–water partition coefficient (Wildman–Crippen LogP) is 3.44. The van der Waals surface area contributed by atoms with Gasteiger partial charge in [-0.2, -0.15) is 0 Å². The zero-order valence-electron chi connectivity index (χ0n) is 11.6. The van der Waals surface area contributed by atoms with Crippen molar-refractivity contribution in [2.75, 3.05) is 12.0 Å². The Balaban J connectivity index is 2.44. The number of nitrogens with one attached hydrogen (secondary N) is 1. The molecule has 106 valence electrons. The van der Waals surface area contributed by atoms with Crippen LogP contribution in [0.1, 0.15) is 29.8 Å². The van der Waals surface area contributed by atoms with Crippen molar-refractivity contribution < 1.29 is 9.53 Å². The van der Waals surface area contributed by atoms with E-state index in [2.05, 4.69) is 24.5 Å². The number of benzene rings is 1. The first-order valence-electron chi connectivity index (χ1n) is 6.55. The molecule has 3 N–H and O–H groups in total. The van der Waals surface area contributed by atoms with E-state index < -0.39 is 0 Å². The molecule has 2 aromatic rings. The maximum Gasteiger partial charge on any atom is 0.341 e. The first kappa shape index (κ1) is 14.6. The second-order valence-corrected chi connectivity index (χ2v) is 5.15. The summed E-state index contributed by atoms with van der Waals surface area (Å²) >= 11 is 1.40. The minimum Gasteiger partial charge on any atom is -0.462 e. The number of carbonyl (C=O) groups excluding carboxylic acids is 1. The van der Waals surface area contributed by atoms with E-state index in [1.54, 1.807) is 6.92 Å². The van der Waals surface area contributed by atoms with Crippen LogP contribution in [0.2, 0.25) is 0 Å². The summed E-state index contributed by atoms with van der Waals surface area (Å²) in [5.74, 6) is 5.12. The zero-order chi connectivity index (χ0) is 14.5. The number of nitrogen functional groups attached to an aromatic ring is 1. The minimum absolute atomic E-state index is 0.340. The number of hydrazine groups is 1. The summed E-state index contributed by atoms with van der Waals surface area (Å²) in [5, 5.41) is 2.54. The van der Waals surface area contributed by atoms with Gasteiger partial charge in [0.15, 0.2) is 0 Å². The zero-order valence-corrected chi connectivity index (χ0v) is 12.4. The number of nitrogens with two attached hydrogens (primary N) is 1. The smallest absolute Gasteiger partial charge is 0.341 e. The van der Waals surface area contributed by atoms with Gasteiger partial charge in [-0.25, -0.2) is 10.6 Å². The molecule has 0 spiro atoms. The average molecular weight is 290 g/mol. The lowest BCUT2D eigenvalue weighted by Gasteiger charge is -2.07. The summed E-state index contributed by atoms with van der Waals surface area (Å²) in [4.78, 5) is 12.1. The van der Waals surface area contributed by atoms with Gasteiger partial charge >= 0.3 is 5.97 Å². The fourth-order valence-corrected chi connectivity index (χ4v) is 2.87. The molecule has 1 aromatic carbocycles. The first-order valence-corrected chi connectivity index (χ1v) is 7.43. The molecule has 1 heterocycles. The van der Waals surface area contributed by atoms with Crippen molar-refractivity contribution in [2.24, 2.45) is 5.84 Å². The molecule has 0 radical (unpaired) electrons. The van der Waals surface area contributed by atoms with Crippen LogP contribution in [0.5, 0.6) is 0 Å². The Kier molecular flexibility index (Phi) is 4.76. The second-order valence-electron chi connectivity index (χ2n) is 4.27. The number of esters is 1. The van der Waals surface area contributed by atoms with E-state index >= 15 is 0 Å². The summed E-state index contributed by atoms with van der Waals surface area (Å²) < 4.78 is 5.11. The van der Waals surface area contributed by atoms with Gasteiger partial charge in [0.2, 0.25) is 0 Å². The number of hydrogen-bond donors (Lipinski definition) is 2. The summed E-state index contributed by atoms with van der Waals surface area (Å²) in [5.41, 5.74) is 6.17. The molecular formula is C15H18N2O2S. The van der Waals surface area contributed by atoms with E-state index in [0.29, 0.717) is 17.2 Å². The maximum atomic E-state index is 12.1. The standard InChI is InChI=1S/C15H18N2O2S/c1-3-10-5-7-11(8-6-10)12-9-20-14(17-16)13(12)15(18)19-4-2/h5-9,17H,3-4,16H2,1-2H3. The predicted molar refractivity (Wildman–Crippen MR) is 82.9 cm³/mol. The molecule has 0 saturated heterocycles. The molecule has 0 atom stereocenters. The molecule has 5 heteroatoms. The van der Waals surface area contributed by atoms with Crippen molar-refractivity contribution >= 4 is 22.3 Å². The van der Waals surface area contributed by atoms with Gasteiger partial charge in [-0.15, -0.1) is 11.3 Å². The van der Waals surface area contributed by atoms with Crippen LogP contribution in [0.4, 0.5) is 5.00 Å². The molecule has 1 aromatic heterocycles. The van der Waals surface area contributed by atoms with E-state index in [4.69, 9.17) is 10.6 Å². The molecule has 4 nitrogen and oxygen atoms in total. The summed E-state index contributed by atoms with van der Waals surface area (Å²) in [7, 11) is 0. The highest BCUT2D eigenvalue weighted by Gasteiger charge is 2.20. The second kappa shape index (κ2) is 6.54. The number of aryl methyl sites for hydroxylation is 1. The quantitative estimate of drug-likeness (QED) is 0.503. The molecule has 0 aliphatic rings. The van der Waals surface area contributed by atoms with Crippen LogP contribution >= 0.6 is 11.3 Å². The van der Waals surface area contributed by atoms with Crippen LogP contribution in [0, 0.1) is 0 Å². The van der Waals surface area contributed by atoms with E-state index in [1.165, 1.54) is 16.9 Å². The van der Waals surface area contributed by atoms with Gasteiger partial charge in [0, 0.05) is 10.9 Å². The lowest BCUT2D eigenvalue weighted by atomic mass is 10.0. The molecule has 0 amide bonds. The van der Waals surface area contributed by atoms with Crippen molar-refractivity contribution in [3.63, 3.8) is 0 Å². The van der Waals surface area contributed by atoms with Crippen molar-refractivity contribution in [1.82, 2.24) is 0 Å². The van der Waals surface area contributed by atoms with Crippen LogP contribution in [-0.4, -0.2) is 12.6 Å². The Morgan fingerprint density at radius 3 is 2.55 bits per heavy atom. The monoisotopic (exact) mass is 290 g/mol. The highest BCUT2D eigenvalue weighted by molar-refractivity contribution is 7.15. The fraction of sp³-hybridized carbons (Fsp3) is 0.267. The molecule has 0 aliphatic heterocycles. The average Bonchev–Trinajstić information content (AvgIpc) is 2.91. The Hall–Kier alpha value is -1.85. The van der Waals surface area contributed by atoms with Crippen LogP contribution in [0.25, 0.3) is 11.1 Å². The number of hydrogen-bond acceptors (Lipinski definition) is 5. The topological polar surface area (TPSA) is 64.3 Å². The van der Waals surface area contributed by atoms with Gasteiger partial charge in [0.1, 0.15) is 10.6 Å². The van der Waals surface area contributed by atoms with Gasteiger partial charge in [-0.05, 0) is 24.5 Å². The molecule has 0 fully saturated rings.